The number of aromatic amines is 1. The third kappa shape index (κ3) is 2.91. The highest BCUT2D eigenvalue weighted by Gasteiger charge is 2.44. The number of halogens is 3. The van der Waals surface area contributed by atoms with Crippen LogP contribution in [0.15, 0.2) is 18.2 Å². The molecule has 0 aromatic heterocycles. The van der Waals surface area contributed by atoms with Gasteiger partial charge in [0.2, 0.25) is 0 Å². The minimum Gasteiger partial charge on any atom is -0.394 e. The molecule has 0 aromatic rings. The van der Waals surface area contributed by atoms with Crippen LogP contribution in [-0.4, -0.2) is 50.2 Å². The molecule has 1 unspecified atom stereocenters. The number of fused-ring (bicyclic) bond motifs is 1. The summed E-state index contributed by atoms with van der Waals surface area (Å²) in [5, 5.41) is 29.0. The lowest BCUT2D eigenvalue weighted by molar-refractivity contribution is -0.141. The standard InChI is InChI=1S/C14H13F3N2O4S/c15-14(16,17)8-2-1-5-3-6(13(24)19-12(5)18-8)11-10(22)9(21)7(4-20)23-11/h1-3,7,9-11,20-22H,4H2,(H,18,19,24)/t7-,9?,10+,11+/m1/s1. The number of aliphatic hydroxyl groups excluding tert-OH is 3. The Kier molecular flexibility index (Phi) is 4.34. The zero-order chi connectivity index (χ0) is 17.6. The molecule has 0 aromatic carbocycles. The number of aliphatic hydroxyl groups is 3. The smallest absolute Gasteiger partial charge is 0.394 e. The second-order valence-corrected chi connectivity index (χ2v) is 5.84. The highest BCUT2D eigenvalue weighted by atomic mass is 32.1. The molecule has 4 atom stereocenters. The minimum atomic E-state index is -4.54. The van der Waals surface area contributed by atoms with E-state index in [0.29, 0.717) is 5.56 Å². The fourth-order valence-electron chi connectivity index (χ4n) is 2.62. The number of ether oxygens (including phenoxy) is 1. The maximum Gasteiger partial charge on any atom is 0.431 e. The van der Waals surface area contributed by atoms with Crippen LogP contribution in [0.3, 0.4) is 0 Å². The lowest BCUT2D eigenvalue weighted by Crippen LogP contribution is -2.32. The van der Waals surface area contributed by atoms with Gasteiger partial charge in [-0.05, 0) is 18.2 Å². The summed E-state index contributed by atoms with van der Waals surface area (Å²) in [6, 6.07) is 3.54. The average Bonchev–Trinajstić information content (AvgIpc) is 2.80. The summed E-state index contributed by atoms with van der Waals surface area (Å²) in [4.78, 5) is 6.10. The SMILES string of the molecule is OC[C@H]1O[C@@H](c2cc3ccc(C(F)(F)F)[nH]c-3nc2=S)[C@@H](O)C1O. The van der Waals surface area contributed by atoms with Crippen molar-refractivity contribution in [3.63, 3.8) is 0 Å². The molecule has 3 aliphatic heterocycles. The van der Waals surface area contributed by atoms with Crippen LogP contribution in [0.4, 0.5) is 13.2 Å². The van der Waals surface area contributed by atoms with E-state index in [1.165, 1.54) is 12.1 Å². The van der Waals surface area contributed by atoms with E-state index in [0.717, 1.165) is 6.07 Å². The number of hydrogen-bond donors (Lipinski definition) is 4. The van der Waals surface area contributed by atoms with E-state index in [9.17, 15) is 23.4 Å². The highest BCUT2D eigenvalue weighted by molar-refractivity contribution is 7.71. The third-order valence-electron chi connectivity index (χ3n) is 3.88. The van der Waals surface area contributed by atoms with Gasteiger partial charge in [0.1, 0.15) is 40.6 Å². The Hall–Kier alpha value is -1.59. The van der Waals surface area contributed by atoms with Gasteiger partial charge in [0, 0.05) is 11.1 Å². The zero-order valence-corrected chi connectivity index (χ0v) is 12.8. The zero-order valence-electron chi connectivity index (χ0n) is 12.0. The van der Waals surface area contributed by atoms with Crippen molar-refractivity contribution in [3.8, 4) is 11.4 Å². The van der Waals surface area contributed by atoms with Crippen LogP contribution in [0.1, 0.15) is 17.4 Å². The van der Waals surface area contributed by atoms with Crippen LogP contribution in [0.5, 0.6) is 0 Å². The quantitative estimate of drug-likeness (QED) is 0.603. The predicted molar refractivity (Wildman–Crippen MR) is 77.8 cm³/mol. The van der Waals surface area contributed by atoms with Crippen LogP contribution < -0.4 is 0 Å². The van der Waals surface area contributed by atoms with E-state index >= 15 is 0 Å². The number of nitrogens with zero attached hydrogens (tertiary/aromatic N) is 1. The molecule has 0 saturated carbocycles. The maximum atomic E-state index is 12.7. The molecule has 3 aliphatic rings. The van der Waals surface area contributed by atoms with Crippen molar-refractivity contribution >= 4 is 12.2 Å². The number of hydrogen-bond acceptors (Lipinski definition) is 6. The molecule has 3 heterocycles. The molecule has 3 rings (SSSR count). The number of pyridine rings is 2. The molecule has 4 N–H and O–H groups in total. The lowest BCUT2D eigenvalue weighted by Gasteiger charge is -2.17. The Morgan fingerprint density at radius 1 is 1.25 bits per heavy atom. The van der Waals surface area contributed by atoms with Crippen molar-refractivity contribution in [2.45, 2.75) is 30.6 Å². The Morgan fingerprint density at radius 3 is 2.54 bits per heavy atom. The van der Waals surface area contributed by atoms with Gasteiger partial charge in [-0.25, -0.2) is 4.98 Å². The Bertz CT molecular complexity index is 782. The molecule has 0 aliphatic carbocycles. The van der Waals surface area contributed by atoms with Gasteiger partial charge >= 0.3 is 6.18 Å². The van der Waals surface area contributed by atoms with E-state index in [2.05, 4.69) is 9.97 Å². The van der Waals surface area contributed by atoms with Gasteiger partial charge in [-0.1, -0.05) is 12.2 Å². The van der Waals surface area contributed by atoms with Gasteiger partial charge in [-0.3, -0.25) is 0 Å². The Labute approximate surface area is 138 Å². The molecule has 0 amide bonds. The molecular formula is C14H13F3N2O4S. The van der Waals surface area contributed by atoms with E-state index in [1.807, 2.05) is 0 Å². The van der Waals surface area contributed by atoms with E-state index in [1.54, 1.807) is 0 Å². The third-order valence-corrected chi connectivity index (χ3v) is 4.21. The molecule has 6 nitrogen and oxygen atoms in total. The number of alkyl halides is 3. The van der Waals surface area contributed by atoms with Gasteiger partial charge in [-0.2, -0.15) is 13.2 Å². The van der Waals surface area contributed by atoms with Crippen LogP contribution in [0.25, 0.3) is 11.4 Å². The first-order valence-electron chi connectivity index (χ1n) is 6.96. The van der Waals surface area contributed by atoms with Gasteiger partial charge in [-0.15, -0.1) is 0 Å². The molecular weight excluding hydrogens is 349 g/mol. The second kappa shape index (κ2) is 6.05. The van der Waals surface area contributed by atoms with Crippen molar-refractivity contribution < 1.29 is 33.2 Å². The molecule has 1 saturated heterocycles. The summed E-state index contributed by atoms with van der Waals surface area (Å²) in [5.74, 6) is -0.0506. The normalized spacial score (nSPS) is 27.8. The number of nitrogens with one attached hydrogen (secondary N) is 1. The molecule has 0 radical (unpaired) electrons. The second-order valence-electron chi connectivity index (χ2n) is 5.45. The fraction of sp³-hybridized carbons (Fsp3) is 0.429. The van der Waals surface area contributed by atoms with Crippen LogP contribution >= 0.6 is 12.2 Å². The first kappa shape index (κ1) is 17.2. The highest BCUT2D eigenvalue weighted by Crippen LogP contribution is 2.36. The van der Waals surface area contributed by atoms with Crippen molar-refractivity contribution in [1.29, 1.82) is 0 Å². The summed E-state index contributed by atoms with van der Waals surface area (Å²) >= 11 is 5.07. The summed E-state index contributed by atoms with van der Waals surface area (Å²) in [6.07, 6.45) is -9.18. The van der Waals surface area contributed by atoms with Crippen LogP contribution in [-0.2, 0) is 10.9 Å². The maximum absolute atomic E-state index is 12.7. The van der Waals surface area contributed by atoms with Crippen molar-refractivity contribution in [2.75, 3.05) is 6.61 Å². The first-order valence-corrected chi connectivity index (χ1v) is 7.37. The molecule has 1 fully saturated rings. The fourth-order valence-corrected chi connectivity index (χ4v) is 2.89. The number of rotatable bonds is 2. The Balaban J connectivity index is 2.04. The summed E-state index contributed by atoms with van der Waals surface area (Å²) in [6.45, 7) is -0.495. The van der Waals surface area contributed by atoms with E-state index < -0.39 is 42.9 Å². The number of aromatic nitrogens is 2. The average molecular weight is 362 g/mol. The lowest BCUT2D eigenvalue weighted by atomic mass is 10.0. The van der Waals surface area contributed by atoms with Gasteiger partial charge in [0.15, 0.2) is 0 Å². The van der Waals surface area contributed by atoms with Gasteiger partial charge < -0.3 is 25.0 Å². The molecule has 24 heavy (non-hydrogen) atoms. The predicted octanol–water partition coefficient (Wildman–Crippen LogP) is 1.42. The summed E-state index contributed by atoms with van der Waals surface area (Å²) in [7, 11) is 0. The molecule has 10 heteroatoms. The van der Waals surface area contributed by atoms with E-state index in [4.69, 9.17) is 22.1 Å². The van der Waals surface area contributed by atoms with Gasteiger partial charge in [0.25, 0.3) is 0 Å². The topological polar surface area (TPSA) is 98.6 Å². The Morgan fingerprint density at radius 2 is 1.96 bits per heavy atom. The molecule has 130 valence electrons. The van der Waals surface area contributed by atoms with Crippen molar-refractivity contribution in [1.82, 2.24) is 9.97 Å². The monoisotopic (exact) mass is 362 g/mol. The van der Waals surface area contributed by atoms with Crippen molar-refractivity contribution in [2.24, 2.45) is 0 Å². The van der Waals surface area contributed by atoms with Crippen LogP contribution in [0, 0.1) is 4.64 Å². The summed E-state index contributed by atoms with van der Waals surface area (Å²) in [5.41, 5.74) is -0.366. The van der Waals surface area contributed by atoms with Crippen LogP contribution in [0.2, 0.25) is 0 Å². The first-order chi connectivity index (χ1) is 11.2. The summed E-state index contributed by atoms with van der Waals surface area (Å²) < 4.78 is 43.5. The van der Waals surface area contributed by atoms with E-state index in [-0.39, 0.29) is 16.0 Å². The van der Waals surface area contributed by atoms with Gasteiger partial charge in [0.05, 0.1) is 6.61 Å². The molecule has 0 spiro atoms. The minimum absolute atomic E-state index is 0.0506. The van der Waals surface area contributed by atoms with Crippen molar-refractivity contribution in [3.05, 3.63) is 34.1 Å². The largest absolute Gasteiger partial charge is 0.431 e. The molecule has 0 bridgehead atoms. The number of H-pyrrole nitrogens is 1.